The Kier molecular flexibility index (Phi) is 4.77. The average Bonchev–Trinajstić information content (AvgIpc) is 2.51. The van der Waals surface area contributed by atoms with E-state index in [-0.39, 0.29) is 0 Å². The highest BCUT2D eigenvalue weighted by atomic mass is 15.3. The fraction of sp³-hybridized carbons (Fsp3) is 0.667. The van der Waals surface area contributed by atoms with Crippen LogP contribution in [0.2, 0.25) is 0 Å². The number of hydrogen-bond donors (Lipinski definition) is 1. The van der Waals surface area contributed by atoms with Crippen LogP contribution in [0.1, 0.15) is 24.5 Å². The first-order chi connectivity index (χ1) is 9.11. The Morgan fingerprint density at radius 3 is 2.89 bits per heavy atom. The van der Waals surface area contributed by atoms with E-state index in [0.717, 1.165) is 25.3 Å². The lowest BCUT2D eigenvalue weighted by Crippen LogP contribution is -2.38. The van der Waals surface area contributed by atoms with E-state index in [1.165, 1.54) is 24.1 Å². The Balaban J connectivity index is 2.20. The van der Waals surface area contributed by atoms with Gasteiger partial charge in [0.1, 0.15) is 5.82 Å². The number of aromatic nitrogens is 1. The highest BCUT2D eigenvalue weighted by Crippen LogP contribution is 2.22. The summed E-state index contributed by atoms with van der Waals surface area (Å²) in [6.07, 6.45) is 4.09. The summed E-state index contributed by atoms with van der Waals surface area (Å²) >= 11 is 0. The molecule has 19 heavy (non-hydrogen) atoms. The first kappa shape index (κ1) is 14.3. The molecule has 0 aromatic carbocycles. The Morgan fingerprint density at radius 1 is 1.42 bits per heavy atom. The number of aryl methyl sites for hydroxylation is 1. The second-order valence-electron chi connectivity index (χ2n) is 5.68. The fourth-order valence-corrected chi connectivity index (χ4v) is 2.92. The van der Waals surface area contributed by atoms with Gasteiger partial charge in [-0.3, -0.25) is 0 Å². The molecule has 0 bridgehead atoms. The van der Waals surface area contributed by atoms with Gasteiger partial charge in [-0.2, -0.15) is 0 Å². The third-order valence-corrected chi connectivity index (χ3v) is 3.86. The van der Waals surface area contributed by atoms with Crippen LogP contribution in [0, 0.1) is 6.92 Å². The molecule has 1 saturated heterocycles. The fourth-order valence-electron chi connectivity index (χ4n) is 2.92. The number of nitrogens with two attached hydrogens (primary N) is 1. The van der Waals surface area contributed by atoms with Crippen LogP contribution in [0.15, 0.2) is 12.3 Å². The Bertz CT molecular complexity index is 419. The second-order valence-corrected chi connectivity index (χ2v) is 5.68. The molecule has 1 fully saturated rings. The zero-order valence-electron chi connectivity index (χ0n) is 12.4. The molecule has 0 spiro atoms. The van der Waals surface area contributed by atoms with Crippen LogP contribution < -0.4 is 10.6 Å². The molecule has 0 aliphatic carbocycles. The lowest BCUT2D eigenvalue weighted by Gasteiger charge is -2.30. The van der Waals surface area contributed by atoms with Crippen molar-refractivity contribution in [2.24, 2.45) is 5.73 Å². The zero-order valence-corrected chi connectivity index (χ0v) is 12.4. The number of likely N-dealkylation sites (N-methyl/N-ethyl adjacent to an activating group) is 1. The molecule has 0 saturated carbocycles. The lowest BCUT2D eigenvalue weighted by molar-refractivity contribution is 0.337. The van der Waals surface area contributed by atoms with Crippen molar-refractivity contribution in [3.05, 3.63) is 23.4 Å². The zero-order chi connectivity index (χ0) is 13.8. The van der Waals surface area contributed by atoms with Gasteiger partial charge < -0.3 is 15.5 Å². The highest BCUT2D eigenvalue weighted by molar-refractivity contribution is 5.48. The summed E-state index contributed by atoms with van der Waals surface area (Å²) in [6, 6.07) is 2.75. The number of hydrogen-bond acceptors (Lipinski definition) is 4. The van der Waals surface area contributed by atoms with Crippen molar-refractivity contribution in [1.29, 1.82) is 0 Å². The van der Waals surface area contributed by atoms with Crippen LogP contribution in [0.4, 0.5) is 5.82 Å². The first-order valence-corrected chi connectivity index (χ1v) is 7.22. The Labute approximate surface area is 116 Å². The van der Waals surface area contributed by atoms with Crippen LogP contribution >= 0.6 is 0 Å². The van der Waals surface area contributed by atoms with Gasteiger partial charge in [-0.05, 0) is 58.0 Å². The van der Waals surface area contributed by atoms with Gasteiger partial charge in [-0.25, -0.2) is 4.98 Å². The van der Waals surface area contributed by atoms with Gasteiger partial charge in [0.05, 0.1) is 0 Å². The van der Waals surface area contributed by atoms with Crippen molar-refractivity contribution in [1.82, 2.24) is 9.88 Å². The molecule has 2 N–H and O–H groups in total. The largest absolute Gasteiger partial charge is 0.352 e. The quantitative estimate of drug-likeness (QED) is 0.895. The molecule has 0 radical (unpaired) electrons. The van der Waals surface area contributed by atoms with Crippen molar-refractivity contribution >= 4 is 5.82 Å². The van der Waals surface area contributed by atoms with Gasteiger partial charge in [0.15, 0.2) is 0 Å². The van der Waals surface area contributed by atoms with Gasteiger partial charge in [-0.15, -0.1) is 0 Å². The van der Waals surface area contributed by atoms with E-state index in [1.54, 1.807) is 0 Å². The average molecular weight is 262 g/mol. The van der Waals surface area contributed by atoms with E-state index in [0.29, 0.717) is 12.6 Å². The van der Waals surface area contributed by atoms with E-state index in [9.17, 15) is 0 Å². The Hall–Kier alpha value is -1.13. The summed E-state index contributed by atoms with van der Waals surface area (Å²) < 4.78 is 0. The van der Waals surface area contributed by atoms with E-state index in [4.69, 9.17) is 5.73 Å². The minimum absolute atomic E-state index is 0.513. The number of anilines is 1. The topological polar surface area (TPSA) is 45.4 Å². The maximum Gasteiger partial charge on any atom is 0.131 e. The van der Waals surface area contributed by atoms with Crippen molar-refractivity contribution < 1.29 is 0 Å². The summed E-state index contributed by atoms with van der Waals surface area (Å²) in [5, 5.41) is 0. The van der Waals surface area contributed by atoms with Crippen molar-refractivity contribution in [2.75, 3.05) is 38.1 Å². The van der Waals surface area contributed by atoms with Crippen LogP contribution in [-0.4, -0.2) is 49.2 Å². The van der Waals surface area contributed by atoms with E-state index >= 15 is 0 Å². The molecule has 1 aromatic heterocycles. The predicted octanol–water partition coefficient (Wildman–Crippen LogP) is 1.42. The molecule has 1 aromatic rings. The molecular weight excluding hydrogens is 236 g/mol. The SMILES string of the molecule is Cc1cc(CCN)cnc1N1CCCN(C)CC1C. The summed E-state index contributed by atoms with van der Waals surface area (Å²) in [4.78, 5) is 9.54. The highest BCUT2D eigenvalue weighted by Gasteiger charge is 2.21. The molecule has 2 heterocycles. The standard InChI is InChI=1S/C15H26N4/c1-12-9-14(5-6-16)10-17-15(12)19-8-4-7-18(3)11-13(19)2/h9-10,13H,4-8,11,16H2,1-3H3. The maximum absolute atomic E-state index is 5.61. The molecule has 0 amide bonds. The number of pyridine rings is 1. The number of rotatable bonds is 3. The van der Waals surface area contributed by atoms with Crippen molar-refractivity contribution in [2.45, 2.75) is 32.7 Å². The minimum Gasteiger partial charge on any atom is -0.352 e. The maximum atomic E-state index is 5.61. The monoisotopic (exact) mass is 262 g/mol. The molecule has 106 valence electrons. The van der Waals surface area contributed by atoms with Crippen LogP contribution in [0.25, 0.3) is 0 Å². The molecule has 4 nitrogen and oxygen atoms in total. The molecule has 2 rings (SSSR count). The van der Waals surface area contributed by atoms with Gasteiger partial charge in [-0.1, -0.05) is 6.07 Å². The lowest BCUT2D eigenvalue weighted by atomic mass is 10.1. The second kappa shape index (κ2) is 6.35. The summed E-state index contributed by atoms with van der Waals surface area (Å²) in [5.74, 6) is 1.14. The van der Waals surface area contributed by atoms with Crippen LogP contribution in [-0.2, 0) is 6.42 Å². The van der Waals surface area contributed by atoms with E-state index in [2.05, 4.69) is 41.7 Å². The third-order valence-electron chi connectivity index (χ3n) is 3.86. The molecule has 1 aliphatic rings. The smallest absolute Gasteiger partial charge is 0.131 e. The molecule has 1 atom stereocenters. The van der Waals surface area contributed by atoms with Crippen LogP contribution in [0.5, 0.6) is 0 Å². The normalized spacial score (nSPS) is 21.5. The summed E-state index contributed by atoms with van der Waals surface area (Å²) in [7, 11) is 2.20. The van der Waals surface area contributed by atoms with Gasteiger partial charge in [0.2, 0.25) is 0 Å². The Morgan fingerprint density at radius 2 is 2.21 bits per heavy atom. The third kappa shape index (κ3) is 3.45. The summed E-state index contributed by atoms with van der Waals surface area (Å²) in [5.41, 5.74) is 8.11. The van der Waals surface area contributed by atoms with E-state index < -0.39 is 0 Å². The van der Waals surface area contributed by atoms with Gasteiger partial charge >= 0.3 is 0 Å². The van der Waals surface area contributed by atoms with Crippen molar-refractivity contribution in [3.63, 3.8) is 0 Å². The van der Waals surface area contributed by atoms with Crippen LogP contribution in [0.3, 0.4) is 0 Å². The van der Waals surface area contributed by atoms with Gasteiger partial charge in [0.25, 0.3) is 0 Å². The van der Waals surface area contributed by atoms with Crippen molar-refractivity contribution in [3.8, 4) is 0 Å². The number of nitrogens with zero attached hydrogens (tertiary/aromatic N) is 3. The molecular formula is C15H26N4. The minimum atomic E-state index is 0.513. The summed E-state index contributed by atoms with van der Waals surface area (Å²) in [6.45, 7) is 8.50. The molecule has 1 unspecified atom stereocenters. The first-order valence-electron chi connectivity index (χ1n) is 7.22. The van der Waals surface area contributed by atoms with Gasteiger partial charge in [0, 0.05) is 25.3 Å². The molecule has 1 aliphatic heterocycles. The van der Waals surface area contributed by atoms with E-state index in [1.807, 2.05) is 6.20 Å². The molecule has 4 heteroatoms. The predicted molar refractivity (Wildman–Crippen MR) is 80.7 cm³/mol.